The van der Waals surface area contributed by atoms with Crippen molar-refractivity contribution in [3.8, 4) is 11.5 Å². The second kappa shape index (κ2) is 12.4. The second-order valence-corrected chi connectivity index (χ2v) is 9.90. The summed E-state index contributed by atoms with van der Waals surface area (Å²) in [4.78, 5) is 61.5. The molecule has 0 aliphatic carbocycles. The van der Waals surface area contributed by atoms with Crippen molar-refractivity contribution in [3.05, 3.63) is 90.4 Å². The summed E-state index contributed by atoms with van der Waals surface area (Å²) in [6, 6.07) is 11.2. The molecule has 41 heavy (non-hydrogen) atoms. The van der Waals surface area contributed by atoms with Crippen molar-refractivity contribution in [2.75, 3.05) is 23.9 Å². The summed E-state index contributed by atoms with van der Waals surface area (Å²) in [6.45, 7) is -0.400. The zero-order valence-electron chi connectivity index (χ0n) is 20.8. The van der Waals surface area contributed by atoms with E-state index in [4.69, 9.17) is 32.7 Å². The predicted molar refractivity (Wildman–Crippen MR) is 153 cm³/mol. The number of amides is 5. The lowest BCUT2D eigenvalue weighted by Gasteiger charge is -2.26. The maximum Gasteiger partial charge on any atom is 0.335 e. The standard InChI is InChI=1S/C26H17BrCl2N4O8/c1-40-21-10-13(9-18(27)23(21)41-12-22(34)30-14-2-7-19(28)20(29)11-14)8-17-24(35)31-26(37)32(25(17)36)15-3-5-16(6-4-15)33(38)39/h2-11H,12H2,1H3,(H,30,34)(H,31,35,37)/b17-8-. The number of imide groups is 2. The average Bonchev–Trinajstić information content (AvgIpc) is 2.92. The number of carbonyl (C=O) groups excluding carboxylic acids is 4. The molecule has 0 radical (unpaired) electrons. The van der Waals surface area contributed by atoms with Crippen LogP contribution in [0.4, 0.5) is 21.9 Å². The van der Waals surface area contributed by atoms with E-state index in [0.29, 0.717) is 25.6 Å². The molecular formula is C26H17BrCl2N4O8. The summed E-state index contributed by atoms with van der Waals surface area (Å²) in [5.74, 6) is -2.04. The van der Waals surface area contributed by atoms with Gasteiger partial charge in [-0.3, -0.25) is 29.8 Å². The number of rotatable bonds is 8. The number of barbiturate groups is 1. The van der Waals surface area contributed by atoms with E-state index < -0.39 is 35.3 Å². The summed E-state index contributed by atoms with van der Waals surface area (Å²) >= 11 is 15.2. The molecule has 12 nitrogen and oxygen atoms in total. The Morgan fingerprint density at radius 3 is 2.44 bits per heavy atom. The number of benzene rings is 3. The van der Waals surface area contributed by atoms with E-state index in [2.05, 4.69) is 26.6 Å². The lowest BCUT2D eigenvalue weighted by Crippen LogP contribution is -2.54. The lowest BCUT2D eigenvalue weighted by atomic mass is 10.1. The first-order chi connectivity index (χ1) is 19.5. The van der Waals surface area contributed by atoms with Gasteiger partial charge in [0.25, 0.3) is 23.4 Å². The number of anilines is 2. The minimum atomic E-state index is -1.01. The van der Waals surface area contributed by atoms with Gasteiger partial charge < -0.3 is 14.8 Å². The van der Waals surface area contributed by atoms with Gasteiger partial charge in [-0.15, -0.1) is 0 Å². The minimum absolute atomic E-state index is 0.0261. The first-order valence-electron chi connectivity index (χ1n) is 11.4. The molecular weight excluding hydrogens is 647 g/mol. The second-order valence-electron chi connectivity index (χ2n) is 8.23. The molecule has 0 unspecified atom stereocenters. The number of ether oxygens (including phenoxy) is 2. The van der Waals surface area contributed by atoms with Crippen molar-refractivity contribution >= 4 is 86.0 Å². The van der Waals surface area contributed by atoms with Crippen LogP contribution >= 0.6 is 39.1 Å². The van der Waals surface area contributed by atoms with Crippen LogP contribution < -0.4 is 25.0 Å². The molecule has 0 atom stereocenters. The fraction of sp³-hybridized carbons (Fsp3) is 0.0769. The summed E-state index contributed by atoms with van der Waals surface area (Å²) in [5, 5.41) is 16.2. The van der Waals surface area contributed by atoms with Gasteiger partial charge in [0, 0.05) is 17.8 Å². The van der Waals surface area contributed by atoms with Gasteiger partial charge in [0.2, 0.25) is 0 Å². The van der Waals surface area contributed by atoms with Crippen molar-refractivity contribution in [1.82, 2.24) is 5.32 Å². The first-order valence-corrected chi connectivity index (χ1v) is 12.9. The highest BCUT2D eigenvalue weighted by Gasteiger charge is 2.37. The van der Waals surface area contributed by atoms with Gasteiger partial charge in [0.05, 0.1) is 32.2 Å². The van der Waals surface area contributed by atoms with Crippen molar-refractivity contribution < 1.29 is 33.6 Å². The number of non-ortho nitro benzene ring substituents is 1. The highest BCUT2D eigenvalue weighted by atomic mass is 79.9. The third-order valence-electron chi connectivity index (χ3n) is 5.53. The number of urea groups is 1. The van der Waals surface area contributed by atoms with Crippen LogP contribution in [-0.2, 0) is 14.4 Å². The van der Waals surface area contributed by atoms with Crippen LogP contribution in [0.15, 0.2) is 64.6 Å². The number of hydrogen-bond donors (Lipinski definition) is 2. The molecule has 15 heteroatoms. The number of nitrogens with one attached hydrogen (secondary N) is 2. The van der Waals surface area contributed by atoms with Crippen molar-refractivity contribution in [2.45, 2.75) is 0 Å². The summed E-state index contributed by atoms with van der Waals surface area (Å²) in [7, 11) is 1.36. The van der Waals surface area contributed by atoms with Crippen LogP contribution in [0.2, 0.25) is 10.0 Å². The largest absolute Gasteiger partial charge is 0.493 e. The molecule has 4 rings (SSSR count). The van der Waals surface area contributed by atoms with E-state index in [9.17, 15) is 29.3 Å². The number of halogens is 3. The Bertz CT molecular complexity index is 1630. The molecule has 0 saturated carbocycles. The molecule has 1 saturated heterocycles. The quantitative estimate of drug-likeness (QED) is 0.141. The van der Waals surface area contributed by atoms with E-state index in [1.165, 1.54) is 49.6 Å². The molecule has 210 valence electrons. The smallest absolute Gasteiger partial charge is 0.335 e. The fourth-order valence-corrected chi connectivity index (χ4v) is 4.53. The summed E-state index contributed by atoms with van der Waals surface area (Å²) in [5.41, 5.74) is 0.136. The molecule has 1 aliphatic rings. The van der Waals surface area contributed by atoms with Crippen LogP contribution in [0.3, 0.4) is 0 Å². The molecule has 0 spiro atoms. The van der Waals surface area contributed by atoms with E-state index in [1.54, 1.807) is 6.07 Å². The molecule has 0 bridgehead atoms. The maximum absolute atomic E-state index is 13.2. The molecule has 3 aromatic rings. The fourth-order valence-electron chi connectivity index (χ4n) is 3.65. The van der Waals surface area contributed by atoms with Gasteiger partial charge in [-0.2, -0.15) is 0 Å². The van der Waals surface area contributed by atoms with Crippen molar-refractivity contribution in [2.24, 2.45) is 0 Å². The molecule has 5 amide bonds. The Morgan fingerprint density at radius 2 is 1.80 bits per heavy atom. The lowest BCUT2D eigenvalue weighted by molar-refractivity contribution is -0.384. The Labute approximate surface area is 250 Å². The number of carbonyl (C=O) groups is 4. The molecule has 1 aliphatic heterocycles. The van der Waals surface area contributed by atoms with Gasteiger partial charge in [0.15, 0.2) is 18.1 Å². The van der Waals surface area contributed by atoms with E-state index in [1.807, 2.05) is 0 Å². The summed E-state index contributed by atoms with van der Waals surface area (Å²) in [6.07, 6.45) is 1.23. The number of hydrogen-bond acceptors (Lipinski definition) is 8. The molecule has 2 N–H and O–H groups in total. The third kappa shape index (κ3) is 6.65. The normalized spacial score (nSPS) is 14.1. The van der Waals surface area contributed by atoms with Crippen molar-refractivity contribution in [3.63, 3.8) is 0 Å². The first kappa shape index (κ1) is 29.5. The summed E-state index contributed by atoms with van der Waals surface area (Å²) < 4.78 is 11.3. The van der Waals surface area contributed by atoms with Gasteiger partial charge in [0.1, 0.15) is 5.57 Å². The zero-order chi connectivity index (χ0) is 29.8. The van der Waals surface area contributed by atoms with Crippen molar-refractivity contribution in [1.29, 1.82) is 0 Å². The molecule has 3 aromatic carbocycles. The van der Waals surface area contributed by atoms with E-state index >= 15 is 0 Å². The molecule has 0 aromatic heterocycles. The Morgan fingerprint density at radius 1 is 1.10 bits per heavy atom. The van der Waals surface area contributed by atoms with Crippen LogP contribution in [0.25, 0.3) is 6.08 Å². The van der Waals surface area contributed by atoms with Gasteiger partial charge in [-0.25, -0.2) is 9.69 Å². The predicted octanol–water partition coefficient (Wildman–Crippen LogP) is 5.36. The number of nitrogens with zero attached hydrogens (tertiary/aromatic N) is 2. The van der Waals surface area contributed by atoms with Gasteiger partial charge in [-0.1, -0.05) is 23.2 Å². The maximum atomic E-state index is 13.2. The van der Waals surface area contributed by atoms with Crippen LogP contribution in [0.1, 0.15) is 5.56 Å². The average molecular weight is 664 g/mol. The van der Waals surface area contributed by atoms with Gasteiger partial charge in [-0.05, 0) is 70.0 Å². The topological polar surface area (TPSA) is 157 Å². The van der Waals surface area contributed by atoms with Crippen LogP contribution in [-0.4, -0.2) is 42.4 Å². The molecule has 1 heterocycles. The Kier molecular flexibility index (Phi) is 8.91. The number of nitro benzene ring substituents is 1. The Hall–Kier alpha value is -4.46. The number of nitro groups is 1. The highest BCUT2D eigenvalue weighted by molar-refractivity contribution is 9.10. The zero-order valence-corrected chi connectivity index (χ0v) is 23.9. The van der Waals surface area contributed by atoms with Crippen LogP contribution in [0.5, 0.6) is 11.5 Å². The van der Waals surface area contributed by atoms with Crippen LogP contribution in [0, 0.1) is 10.1 Å². The third-order valence-corrected chi connectivity index (χ3v) is 6.86. The minimum Gasteiger partial charge on any atom is -0.493 e. The van der Waals surface area contributed by atoms with Gasteiger partial charge >= 0.3 is 6.03 Å². The monoisotopic (exact) mass is 662 g/mol. The van der Waals surface area contributed by atoms with E-state index in [0.717, 1.165) is 12.1 Å². The Balaban J connectivity index is 1.55. The SMILES string of the molecule is COc1cc(/C=C2/C(=O)NC(=O)N(c3ccc([N+](=O)[O-])cc3)C2=O)cc(Br)c1OCC(=O)Nc1ccc(Cl)c(Cl)c1. The van der Waals surface area contributed by atoms with E-state index in [-0.39, 0.29) is 33.5 Å². The molecule has 1 fully saturated rings. The number of methoxy groups -OCH3 is 1. The highest BCUT2D eigenvalue weighted by Crippen LogP contribution is 2.37.